The minimum absolute atomic E-state index is 0.0648. The summed E-state index contributed by atoms with van der Waals surface area (Å²) >= 11 is 0. The van der Waals surface area contributed by atoms with Crippen LogP contribution in [0.1, 0.15) is 27.7 Å². The second-order valence-corrected chi connectivity index (χ2v) is 3.93. The molecule has 0 aromatic heterocycles. The maximum absolute atomic E-state index is 9.61. The van der Waals surface area contributed by atoms with Gasteiger partial charge in [0.15, 0.2) is 0 Å². The molecule has 0 bridgehead atoms. The van der Waals surface area contributed by atoms with Crippen molar-refractivity contribution >= 4 is 0 Å². The highest BCUT2D eigenvalue weighted by Crippen LogP contribution is 2.40. The summed E-state index contributed by atoms with van der Waals surface area (Å²) < 4.78 is 0. The predicted octanol–water partition coefficient (Wildman–Crippen LogP) is 1.91. The van der Waals surface area contributed by atoms with E-state index in [9.17, 15) is 5.11 Å². The van der Waals surface area contributed by atoms with Crippen LogP contribution in [0.4, 0.5) is 0 Å². The van der Waals surface area contributed by atoms with E-state index in [1.165, 1.54) is 0 Å². The van der Waals surface area contributed by atoms with Crippen molar-refractivity contribution in [1.29, 1.82) is 0 Å². The van der Waals surface area contributed by atoms with Crippen LogP contribution in [0.25, 0.3) is 0 Å². The normalized spacial score (nSPS) is 55.5. The first-order valence-electron chi connectivity index (χ1n) is 4.23. The summed E-state index contributed by atoms with van der Waals surface area (Å²) in [4.78, 5) is 0. The smallest absolute Gasteiger partial charge is 0.0596 e. The first-order chi connectivity index (χ1) is 4.55. The van der Waals surface area contributed by atoms with Gasteiger partial charge in [0.2, 0.25) is 0 Å². The Morgan fingerprint density at radius 1 is 0.700 bits per heavy atom. The largest absolute Gasteiger partial charge is 0.393 e. The second-order valence-electron chi connectivity index (χ2n) is 3.93. The molecule has 0 amide bonds. The van der Waals surface area contributed by atoms with Gasteiger partial charge >= 0.3 is 0 Å². The molecule has 1 rings (SSSR count). The third kappa shape index (κ3) is 0.968. The summed E-state index contributed by atoms with van der Waals surface area (Å²) in [5.41, 5.74) is 0. The highest BCUT2D eigenvalue weighted by molar-refractivity contribution is 4.88. The Kier molecular flexibility index (Phi) is 2.04. The number of rotatable bonds is 0. The van der Waals surface area contributed by atoms with E-state index >= 15 is 0 Å². The molecule has 1 aliphatic rings. The van der Waals surface area contributed by atoms with Gasteiger partial charge < -0.3 is 5.11 Å². The van der Waals surface area contributed by atoms with E-state index in [2.05, 4.69) is 27.7 Å². The summed E-state index contributed by atoms with van der Waals surface area (Å²) in [6, 6.07) is 0. The Labute approximate surface area is 63.4 Å². The monoisotopic (exact) mass is 142 g/mol. The first-order valence-corrected chi connectivity index (χ1v) is 4.23. The lowest BCUT2D eigenvalue weighted by atomic mass is 9.92. The van der Waals surface area contributed by atoms with Gasteiger partial charge in [0.1, 0.15) is 0 Å². The van der Waals surface area contributed by atoms with E-state index in [1.807, 2.05) is 0 Å². The SMILES string of the molecule is CC1[C@@H](O)[C@@H](C)[C@@H](C)[C@H]1C. The Hall–Kier alpha value is -0.0400. The van der Waals surface area contributed by atoms with Gasteiger partial charge in [-0.3, -0.25) is 0 Å². The quantitative estimate of drug-likeness (QED) is 0.547. The zero-order valence-electron chi connectivity index (χ0n) is 7.33. The molecular formula is C9H18O. The zero-order chi connectivity index (χ0) is 7.89. The van der Waals surface area contributed by atoms with Crippen molar-refractivity contribution in [3.8, 4) is 0 Å². The maximum atomic E-state index is 9.61. The van der Waals surface area contributed by atoms with Crippen LogP contribution in [0, 0.1) is 23.7 Å². The molecule has 1 saturated carbocycles. The summed E-state index contributed by atoms with van der Waals surface area (Å²) in [6.07, 6.45) is -0.0648. The van der Waals surface area contributed by atoms with E-state index in [1.54, 1.807) is 0 Å². The molecule has 0 heterocycles. The molecule has 0 saturated heterocycles. The lowest BCUT2D eigenvalue weighted by Crippen LogP contribution is -2.18. The number of hydrogen-bond acceptors (Lipinski definition) is 1. The average molecular weight is 142 g/mol. The van der Waals surface area contributed by atoms with Crippen LogP contribution in [0.3, 0.4) is 0 Å². The van der Waals surface area contributed by atoms with Crippen molar-refractivity contribution in [2.45, 2.75) is 33.8 Å². The Morgan fingerprint density at radius 2 is 1.00 bits per heavy atom. The van der Waals surface area contributed by atoms with Gasteiger partial charge in [-0.2, -0.15) is 0 Å². The van der Waals surface area contributed by atoms with Crippen LogP contribution in [-0.2, 0) is 0 Å². The molecular weight excluding hydrogens is 124 g/mol. The van der Waals surface area contributed by atoms with Gasteiger partial charge in [0.25, 0.3) is 0 Å². The van der Waals surface area contributed by atoms with Crippen molar-refractivity contribution in [1.82, 2.24) is 0 Å². The molecule has 10 heavy (non-hydrogen) atoms. The Balaban J connectivity index is 2.68. The van der Waals surface area contributed by atoms with Crippen LogP contribution in [0.5, 0.6) is 0 Å². The third-order valence-electron chi connectivity index (χ3n) is 3.57. The fourth-order valence-corrected chi connectivity index (χ4v) is 2.06. The molecule has 0 radical (unpaired) electrons. The fraction of sp³-hybridized carbons (Fsp3) is 1.00. The predicted molar refractivity (Wildman–Crippen MR) is 42.7 cm³/mol. The summed E-state index contributed by atoms with van der Waals surface area (Å²) in [6.45, 7) is 8.77. The van der Waals surface area contributed by atoms with Crippen LogP contribution in [0.15, 0.2) is 0 Å². The molecule has 0 aromatic rings. The summed E-state index contributed by atoms with van der Waals surface area (Å²) in [5, 5.41) is 9.61. The van der Waals surface area contributed by atoms with E-state index in [0.29, 0.717) is 23.7 Å². The molecule has 1 fully saturated rings. The molecule has 0 spiro atoms. The van der Waals surface area contributed by atoms with E-state index in [0.717, 1.165) is 0 Å². The van der Waals surface area contributed by atoms with Crippen molar-refractivity contribution in [2.24, 2.45) is 23.7 Å². The standard InChI is InChI=1S/C9H18O/c1-5-6(2)8(4)9(10)7(5)3/h5-10H,1-4H3/t5-,6+,7-,8?,9-/m0/s1. The molecule has 1 nitrogen and oxygen atoms in total. The summed E-state index contributed by atoms with van der Waals surface area (Å²) in [5.74, 6) is 2.35. The van der Waals surface area contributed by atoms with Gasteiger partial charge in [-0.25, -0.2) is 0 Å². The highest BCUT2D eigenvalue weighted by atomic mass is 16.3. The van der Waals surface area contributed by atoms with Crippen LogP contribution < -0.4 is 0 Å². The molecule has 60 valence electrons. The number of aliphatic hydroxyl groups excluding tert-OH is 1. The average Bonchev–Trinajstić information content (AvgIpc) is 2.07. The van der Waals surface area contributed by atoms with E-state index < -0.39 is 0 Å². The molecule has 1 aliphatic carbocycles. The molecule has 1 unspecified atom stereocenters. The van der Waals surface area contributed by atoms with Crippen molar-refractivity contribution in [3.63, 3.8) is 0 Å². The van der Waals surface area contributed by atoms with Gasteiger partial charge in [-0.05, 0) is 23.7 Å². The topological polar surface area (TPSA) is 20.2 Å². The van der Waals surface area contributed by atoms with Crippen molar-refractivity contribution in [3.05, 3.63) is 0 Å². The molecule has 1 N–H and O–H groups in total. The minimum Gasteiger partial charge on any atom is -0.393 e. The Bertz CT molecular complexity index is 77.1. The summed E-state index contributed by atoms with van der Waals surface area (Å²) in [7, 11) is 0. The number of aliphatic hydroxyl groups is 1. The zero-order valence-corrected chi connectivity index (χ0v) is 7.33. The van der Waals surface area contributed by atoms with Crippen LogP contribution >= 0.6 is 0 Å². The second kappa shape index (κ2) is 2.54. The highest BCUT2D eigenvalue weighted by Gasteiger charge is 2.39. The van der Waals surface area contributed by atoms with Gasteiger partial charge in [-0.15, -0.1) is 0 Å². The minimum atomic E-state index is -0.0648. The first kappa shape index (κ1) is 8.06. The Morgan fingerprint density at radius 3 is 1.10 bits per heavy atom. The van der Waals surface area contributed by atoms with Crippen molar-refractivity contribution in [2.75, 3.05) is 0 Å². The van der Waals surface area contributed by atoms with Gasteiger partial charge in [0.05, 0.1) is 6.10 Å². The maximum Gasteiger partial charge on any atom is 0.0596 e. The van der Waals surface area contributed by atoms with E-state index in [-0.39, 0.29) is 6.10 Å². The van der Waals surface area contributed by atoms with Gasteiger partial charge in [0, 0.05) is 0 Å². The van der Waals surface area contributed by atoms with E-state index in [4.69, 9.17) is 0 Å². The van der Waals surface area contributed by atoms with Crippen molar-refractivity contribution < 1.29 is 5.11 Å². The molecule has 5 atom stereocenters. The number of hydrogen-bond donors (Lipinski definition) is 1. The molecule has 0 aromatic carbocycles. The van der Waals surface area contributed by atoms with Crippen LogP contribution in [0.2, 0.25) is 0 Å². The third-order valence-corrected chi connectivity index (χ3v) is 3.57. The lowest BCUT2D eigenvalue weighted by molar-refractivity contribution is 0.0955. The molecule has 1 heteroatoms. The lowest BCUT2D eigenvalue weighted by Gasteiger charge is -2.13. The molecule has 0 aliphatic heterocycles. The fourth-order valence-electron chi connectivity index (χ4n) is 2.06. The van der Waals surface area contributed by atoms with Gasteiger partial charge in [-0.1, -0.05) is 27.7 Å². The van der Waals surface area contributed by atoms with Crippen LogP contribution in [-0.4, -0.2) is 11.2 Å².